The lowest BCUT2D eigenvalue weighted by Gasteiger charge is -2.37. The number of carbonyl (C=O) groups is 1. The quantitative estimate of drug-likeness (QED) is 0.642. The minimum absolute atomic E-state index is 0.215. The van der Waals surface area contributed by atoms with Crippen LogP contribution in [0, 0.1) is 5.92 Å². The number of anilines is 1. The van der Waals surface area contributed by atoms with Crippen molar-refractivity contribution < 1.29 is 14.3 Å². The second kappa shape index (κ2) is 6.87. The van der Waals surface area contributed by atoms with Crippen LogP contribution in [0.5, 0.6) is 5.75 Å². The molecular weight excluding hydrogens is 326 g/mol. The molecule has 1 aliphatic carbocycles. The molecule has 2 aliphatic rings. The van der Waals surface area contributed by atoms with Gasteiger partial charge in [-0.05, 0) is 60.7 Å². The number of hydrogen-bond donors (Lipinski definition) is 1. The molecule has 1 heterocycles. The van der Waals surface area contributed by atoms with E-state index in [2.05, 4.69) is 29.6 Å². The Morgan fingerprint density at radius 3 is 2.73 bits per heavy atom. The van der Waals surface area contributed by atoms with E-state index in [4.69, 9.17) is 9.47 Å². The lowest BCUT2D eigenvalue weighted by molar-refractivity contribution is 0.0600. The molecule has 134 valence electrons. The molecule has 0 saturated carbocycles. The number of benzene rings is 2. The van der Waals surface area contributed by atoms with E-state index in [1.807, 2.05) is 37.3 Å². The summed E-state index contributed by atoms with van der Waals surface area (Å²) < 4.78 is 10.5. The van der Waals surface area contributed by atoms with Crippen LogP contribution in [0.4, 0.5) is 5.69 Å². The first-order valence-electron chi connectivity index (χ1n) is 9.09. The third-order valence-electron chi connectivity index (χ3n) is 5.34. The van der Waals surface area contributed by atoms with Crippen LogP contribution in [0.25, 0.3) is 0 Å². The van der Waals surface area contributed by atoms with Gasteiger partial charge in [-0.3, -0.25) is 0 Å². The van der Waals surface area contributed by atoms with E-state index >= 15 is 0 Å². The first kappa shape index (κ1) is 16.7. The highest BCUT2D eigenvalue weighted by Gasteiger charge is 2.38. The fraction of sp³-hybridized carbons (Fsp3) is 0.318. The van der Waals surface area contributed by atoms with Crippen LogP contribution in [0.15, 0.2) is 54.6 Å². The largest absolute Gasteiger partial charge is 0.494 e. The van der Waals surface area contributed by atoms with Gasteiger partial charge in [0, 0.05) is 11.6 Å². The number of fused-ring (bicyclic) bond motifs is 3. The number of allylic oxidation sites excluding steroid dienone is 2. The number of esters is 1. The summed E-state index contributed by atoms with van der Waals surface area (Å²) in [5, 5.41) is 3.70. The predicted octanol–water partition coefficient (Wildman–Crippen LogP) is 4.70. The van der Waals surface area contributed by atoms with Crippen molar-refractivity contribution in [2.24, 2.45) is 5.92 Å². The molecule has 2 aromatic rings. The third-order valence-corrected chi connectivity index (χ3v) is 5.34. The van der Waals surface area contributed by atoms with Crippen molar-refractivity contribution in [2.45, 2.75) is 25.3 Å². The van der Waals surface area contributed by atoms with E-state index in [0.717, 1.165) is 17.9 Å². The number of carbonyl (C=O) groups excluding carboxylic acids is 1. The highest BCUT2D eigenvalue weighted by molar-refractivity contribution is 5.89. The van der Waals surface area contributed by atoms with Crippen molar-refractivity contribution in [1.82, 2.24) is 0 Å². The predicted molar refractivity (Wildman–Crippen MR) is 102 cm³/mol. The van der Waals surface area contributed by atoms with Crippen LogP contribution in [0.2, 0.25) is 0 Å². The molecule has 0 unspecified atom stereocenters. The topological polar surface area (TPSA) is 47.6 Å². The van der Waals surface area contributed by atoms with Crippen molar-refractivity contribution in [1.29, 1.82) is 0 Å². The summed E-state index contributed by atoms with van der Waals surface area (Å²) in [7, 11) is 1.40. The van der Waals surface area contributed by atoms with Gasteiger partial charge in [0.2, 0.25) is 0 Å². The average Bonchev–Trinajstić information content (AvgIpc) is 3.17. The van der Waals surface area contributed by atoms with Crippen molar-refractivity contribution in [3.05, 3.63) is 71.3 Å². The zero-order valence-electron chi connectivity index (χ0n) is 15.1. The summed E-state index contributed by atoms with van der Waals surface area (Å²) in [4.78, 5) is 11.7. The number of methoxy groups -OCH3 is 1. The average molecular weight is 349 g/mol. The summed E-state index contributed by atoms with van der Waals surface area (Å²) in [5.41, 5.74) is 4.23. The maximum Gasteiger partial charge on any atom is 0.337 e. The Morgan fingerprint density at radius 1 is 1.19 bits per heavy atom. The summed E-state index contributed by atoms with van der Waals surface area (Å²) >= 11 is 0. The van der Waals surface area contributed by atoms with Gasteiger partial charge in [0.05, 0.1) is 25.3 Å². The molecule has 3 atom stereocenters. The van der Waals surface area contributed by atoms with Crippen molar-refractivity contribution >= 4 is 11.7 Å². The van der Waals surface area contributed by atoms with Gasteiger partial charge in [-0.25, -0.2) is 4.79 Å². The van der Waals surface area contributed by atoms with Crippen LogP contribution < -0.4 is 10.1 Å². The third kappa shape index (κ3) is 2.85. The molecule has 26 heavy (non-hydrogen) atoms. The van der Waals surface area contributed by atoms with E-state index in [1.54, 1.807) is 0 Å². The Hall–Kier alpha value is -2.75. The van der Waals surface area contributed by atoms with Gasteiger partial charge in [-0.15, -0.1) is 0 Å². The molecule has 0 radical (unpaired) electrons. The van der Waals surface area contributed by atoms with E-state index < -0.39 is 0 Å². The van der Waals surface area contributed by atoms with Gasteiger partial charge in [-0.2, -0.15) is 0 Å². The Bertz CT molecular complexity index is 841. The Balaban J connectivity index is 1.66. The summed E-state index contributed by atoms with van der Waals surface area (Å²) in [5.74, 6) is 1.47. The lowest BCUT2D eigenvalue weighted by Crippen LogP contribution is -2.29. The van der Waals surface area contributed by atoms with Crippen molar-refractivity contribution in [3.8, 4) is 5.75 Å². The maximum absolute atomic E-state index is 11.7. The fourth-order valence-corrected chi connectivity index (χ4v) is 4.10. The minimum Gasteiger partial charge on any atom is -0.494 e. The molecule has 4 heteroatoms. The maximum atomic E-state index is 11.7. The highest BCUT2D eigenvalue weighted by atomic mass is 16.5. The van der Waals surface area contributed by atoms with Crippen LogP contribution in [0.3, 0.4) is 0 Å². The molecule has 0 amide bonds. The lowest BCUT2D eigenvalue weighted by atomic mass is 9.77. The smallest absolute Gasteiger partial charge is 0.337 e. The zero-order valence-corrected chi connectivity index (χ0v) is 15.1. The highest BCUT2D eigenvalue weighted by Crippen LogP contribution is 2.50. The van der Waals surface area contributed by atoms with Gasteiger partial charge < -0.3 is 14.8 Å². The minimum atomic E-state index is -0.303. The van der Waals surface area contributed by atoms with Gasteiger partial charge in [0.15, 0.2) is 0 Å². The second-order valence-corrected chi connectivity index (χ2v) is 6.77. The first-order chi connectivity index (χ1) is 12.7. The molecule has 4 rings (SSSR count). The molecule has 0 saturated heterocycles. The number of ether oxygens (including phenoxy) is 2. The molecular formula is C22H23NO3. The Labute approximate surface area is 153 Å². The van der Waals surface area contributed by atoms with E-state index in [0.29, 0.717) is 24.0 Å². The van der Waals surface area contributed by atoms with Gasteiger partial charge in [0.25, 0.3) is 0 Å². The van der Waals surface area contributed by atoms with E-state index in [1.165, 1.54) is 18.2 Å². The molecule has 1 aliphatic heterocycles. The van der Waals surface area contributed by atoms with E-state index in [9.17, 15) is 4.79 Å². The molecule has 1 N–H and O–H groups in total. The Kier molecular flexibility index (Phi) is 4.41. The van der Waals surface area contributed by atoms with Crippen molar-refractivity contribution in [2.75, 3.05) is 19.0 Å². The summed E-state index contributed by atoms with van der Waals surface area (Å²) in [6.07, 6.45) is 5.63. The number of nitrogens with one attached hydrogen (secondary N) is 1. The van der Waals surface area contributed by atoms with Crippen LogP contribution in [-0.2, 0) is 4.74 Å². The first-order valence-corrected chi connectivity index (χ1v) is 9.09. The second-order valence-electron chi connectivity index (χ2n) is 6.77. The number of hydrogen-bond acceptors (Lipinski definition) is 4. The molecule has 0 bridgehead atoms. The molecule has 0 aromatic heterocycles. The molecule has 2 aromatic carbocycles. The monoisotopic (exact) mass is 349 g/mol. The number of rotatable bonds is 4. The zero-order chi connectivity index (χ0) is 18.1. The van der Waals surface area contributed by atoms with Gasteiger partial charge >= 0.3 is 5.97 Å². The van der Waals surface area contributed by atoms with E-state index in [-0.39, 0.29) is 12.0 Å². The SMILES string of the molecule is CCOc1ccc2c(c1)[C@@H]1C=CC[C@H]1[C@H](c1ccc(C(=O)OC)cc1)N2. The van der Waals surface area contributed by atoms with Gasteiger partial charge in [-0.1, -0.05) is 24.3 Å². The molecule has 0 spiro atoms. The molecule has 4 nitrogen and oxygen atoms in total. The molecule has 0 fully saturated rings. The normalized spacial score (nSPS) is 22.9. The van der Waals surface area contributed by atoms with Crippen molar-refractivity contribution in [3.63, 3.8) is 0 Å². The van der Waals surface area contributed by atoms with Crippen LogP contribution >= 0.6 is 0 Å². The van der Waals surface area contributed by atoms with Gasteiger partial charge in [0.1, 0.15) is 5.75 Å². The van der Waals surface area contributed by atoms with Crippen LogP contribution in [0.1, 0.15) is 46.8 Å². The summed E-state index contributed by atoms with van der Waals surface area (Å²) in [6, 6.07) is 14.2. The fourth-order valence-electron chi connectivity index (χ4n) is 4.10. The standard InChI is InChI=1S/C22H23NO3/c1-3-26-16-11-12-20-19(13-16)17-5-4-6-18(17)21(23-20)14-7-9-15(10-8-14)22(24)25-2/h4-5,7-13,17-18,21,23H,3,6H2,1-2H3/t17-,18-,21+/m1/s1. The summed E-state index contributed by atoms with van der Waals surface area (Å²) in [6.45, 7) is 2.68. The Morgan fingerprint density at radius 2 is 2.00 bits per heavy atom. The van der Waals surface area contributed by atoms with Crippen LogP contribution in [-0.4, -0.2) is 19.7 Å².